The van der Waals surface area contributed by atoms with Gasteiger partial charge in [0.1, 0.15) is 12.2 Å². The average molecular weight is 278 g/mol. The van der Waals surface area contributed by atoms with Crippen LogP contribution in [0.4, 0.5) is 5.69 Å². The number of carbonyl (C=O) groups is 1. The average Bonchev–Trinajstić information content (AvgIpc) is 2.89. The standard InChI is InChI=1S/C15H22N2O3/c1-10-5-6-12(16-2)11(7-10)15(18)17-8-13(19-3)14(9-17)20-4/h5-7,13-14,16H,8-9H2,1-4H3. The Morgan fingerprint density at radius 2 is 1.85 bits per heavy atom. The molecule has 20 heavy (non-hydrogen) atoms. The molecule has 5 nitrogen and oxygen atoms in total. The van der Waals surface area contributed by atoms with Gasteiger partial charge in [-0.05, 0) is 19.1 Å². The minimum atomic E-state index is -0.0632. The van der Waals surface area contributed by atoms with Crippen molar-refractivity contribution in [3.8, 4) is 0 Å². The van der Waals surface area contributed by atoms with Crippen LogP contribution < -0.4 is 5.32 Å². The van der Waals surface area contributed by atoms with Crippen molar-refractivity contribution in [3.63, 3.8) is 0 Å². The molecule has 2 rings (SSSR count). The van der Waals surface area contributed by atoms with Gasteiger partial charge in [0.05, 0.1) is 5.56 Å². The van der Waals surface area contributed by atoms with Crippen LogP contribution in [-0.4, -0.2) is 57.4 Å². The summed E-state index contributed by atoms with van der Waals surface area (Å²) in [5.41, 5.74) is 2.60. The Balaban J connectivity index is 2.22. The molecule has 0 saturated carbocycles. The van der Waals surface area contributed by atoms with Gasteiger partial charge >= 0.3 is 0 Å². The Morgan fingerprint density at radius 1 is 1.25 bits per heavy atom. The summed E-state index contributed by atoms with van der Waals surface area (Å²) in [6.45, 7) is 3.10. The number of nitrogens with one attached hydrogen (secondary N) is 1. The third-order valence-corrected chi connectivity index (χ3v) is 3.78. The summed E-state index contributed by atoms with van der Waals surface area (Å²) >= 11 is 0. The number of hydrogen-bond donors (Lipinski definition) is 1. The predicted molar refractivity (Wildman–Crippen MR) is 78.2 cm³/mol. The van der Waals surface area contributed by atoms with Crippen molar-refractivity contribution < 1.29 is 14.3 Å². The molecule has 5 heteroatoms. The van der Waals surface area contributed by atoms with Gasteiger partial charge in [0, 0.05) is 40.0 Å². The summed E-state index contributed by atoms with van der Waals surface area (Å²) in [4.78, 5) is 14.5. The van der Waals surface area contributed by atoms with E-state index in [1.807, 2.05) is 32.2 Å². The molecular formula is C15H22N2O3. The highest BCUT2D eigenvalue weighted by atomic mass is 16.5. The summed E-state index contributed by atoms with van der Waals surface area (Å²) < 4.78 is 10.8. The predicted octanol–water partition coefficient (Wildman–Crippen LogP) is 1.52. The fraction of sp³-hybridized carbons (Fsp3) is 0.533. The van der Waals surface area contributed by atoms with E-state index >= 15 is 0 Å². The Bertz CT molecular complexity index is 478. The lowest BCUT2D eigenvalue weighted by molar-refractivity contribution is -0.00461. The second kappa shape index (κ2) is 6.24. The molecule has 1 heterocycles. The minimum absolute atomic E-state index is 0.0136. The summed E-state index contributed by atoms with van der Waals surface area (Å²) in [5, 5.41) is 3.07. The number of hydrogen-bond acceptors (Lipinski definition) is 4. The number of nitrogens with zero attached hydrogens (tertiary/aromatic N) is 1. The summed E-state index contributed by atoms with van der Waals surface area (Å²) in [6.07, 6.45) is -0.126. The molecule has 1 aromatic rings. The van der Waals surface area contributed by atoms with Crippen LogP contribution in [0, 0.1) is 6.92 Å². The maximum absolute atomic E-state index is 12.7. The lowest BCUT2D eigenvalue weighted by Gasteiger charge is -2.18. The van der Waals surface area contributed by atoms with Gasteiger partial charge in [-0.3, -0.25) is 4.79 Å². The second-order valence-electron chi connectivity index (χ2n) is 5.06. The van der Waals surface area contributed by atoms with Crippen molar-refractivity contribution in [1.29, 1.82) is 0 Å². The van der Waals surface area contributed by atoms with E-state index in [-0.39, 0.29) is 18.1 Å². The van der Waals surface area contributed by atoms with Gasteiger partial charge in [0.25, 0.3) is 5.91 Å². The molecule has 1 amide bonds. The number of benzene rings is 1. The zero-order valence-corrected chi connectivity index (χ0v) is 12.5. The Kier molecular flexibility index (Phi) is 4.62. The molecule has 1 aromatic carbocycles. The number of aryl methyl sites for hydroxylation is 1. The molecule has 1 aliphatic rings. The second-order valence-corrected chi connectivity index (χ2v) is 5.06. The van der Waals surface area contributed by atoms with Crippen LogP contribution in [0.1, 0.15) is 15.9 Å². The van der Waals surface area contributed by atoms with Crippen molar-refractivity contribution in [2.45, 2.75) is 19.1 Å². The maximum Gasteiger partial charge on any atom is 0.256 e. The van der Waals surface area contributed by atoms with Gasteiger partial charge in [0.2, 0.25) is 0 Å². The quantitative estimate of drug-likeness (QED) is 0.907. The first-order valence-corrected chi connectivity index (χ1v) is 6.74. The summed E-state index contributed by atoms with van der Waals surface area (Å²) in [5.74, 6) is 0.0136. The number of amides is 1. The molecule has 0 aliphatic carbocycles. The lowest BCUT2D eigenvalue weighted by Crippen LogP contribution is -2.30. The maximum atomic E-state index is 12.7. The van der Waals surface area contributed by atoms with Crippen LogP contribution in [0.3, 0.4) is 0 Å². The van der Waals surface area contributed by atoms with E-state index in [1.54, 1.807) is 19.1 Å². The molecular weight excluding hydrogens is 256 g/mol. The molecule has 1 aliphatic heterocycles. The highest BCUT2D eigenvalue weighted by Crippen LogP contribution is 2.23. The molecule has 0 spiro atoms. The zero-order chi connectivity index (χ0) is 14.7. The minimum Gasteiger partial charge on any atom is -0.387 e. The normalized spacial score (nSPS) is 22.1. The van der Waals surface area contributed by atoms with Gasteiger partial charge in [-0.25, -0.2) is 0 Å². The van der Waals surface area contributed by atoms with Crippen molar-refractivity contribution in [1.82, 2.24) is 4.90 Å². The largest absolute Gasteiger partial charge is 0.387 e. The van der Waals surface area contributed by atoms with E-state index in [2.05, 4.69) is 5.32 Å². The molecule has 2 atom stereocenters. The Labute approximate surface area is 119 Å². The van der Waals surface area contributed by atoms with Gasteiger partial charge < -0.3 is 19.7 Å². The molecule has 1 N–H and O–H groups in total. The zero-order valence-electron chi connectivity index (χ0n) is 12.5. The summed E-state index contributed by atoms with van der Waals surface area (Å²) in [6, 6.07) is 5.83. The van der Waals surface area contributed by atoms with Crippen LogP contribution in [0.15, 0.2) is 18.2 Å². The fourth-order valence-electron chi connectivity index (χ4n) is 2.59. The van der Waals surface area contributed by atoms with Gasteiger partial charge in [-0.2, -0.15) is 0 Å². The molecule has 2 unspecified atom stereocenters. The molecule has 0 aromatic heterocycles. The van der Waals surface area contributed by atoms with E-state index in [0.717, 1.165) is 11.3 Å². The number of methoxy groups -OCH3 is 2. The van der Waals surface area contributed by atoms with Crippen LogP contribution >= 0.6 is 0 Å². The van der Waals surface area contributed by atoms with Crippen molar-refractivity contribution >= 4 is 11.6 Å². The Morgan fingerprint density at radius 3 is 2.35 bits per heavy atom. The van der Waals surface area contributed by atoms with Crippen molar-refractivity contribution in [2.24, 2.45) is 0 Å². The molecule has 1 fully saturated rings. The fourth-order valence-corrected chi connectivity index (χ4v) is 2.59. The van der Waals surface area contributed by atoms with Crippen LogP contribution in [0.2, 0.25) is 0 Å². The topological polar surface area (TPSA) is 50.8 Å². The van der Waals surface area contributed by atoms with Crippen molar-refractivity contribution in [3.05, 3.63) is 29.3 Å². The highest BCUT2D eigenvalue weighted by Gasteiger charge is 2.36. The molecule has 110 valence electrons. The Hall–Kier alpha value is -1.59. The first kappa shape index (κ1) is 14.8. The molecule has 1 saturated heterocycles. The van der Waals surface area contributed by atoms with E-state index in [1.165, 1.54) is 0 Å². The lowest BCUT2D eigenvalue weighted by atomic mass is 10.1. The SMILES string of the molecule is CNc1ccc(C)cc1C(=O)N1CC(OC)C(OC)C1. The van der Waals surface area contributed by atoms with Crippen LogP contribution in [-0.2, 0) is 9.47 Å². The third kappa shape index (κ3) is 2.78. The number of carbonyl (C=O) groups excluding carboxylic acids is 1. The first-order chi connectivity index (χ1) is 9.60. The third-order valence-electron chi connectivity index (χ3n) is 3.78. The molecule has 0 radical (unpaired) electrons. The molecule has 0 bridgehead atoms. The van der Waals surface area contributed by atoms with Crippen LogP contribution in [0.25, 0.3) is 0 Å². The number of ether oxygens (including phenoxy) is 2. The van der Waals surface area contributed by atoms with E-state index in [0.29, 0.717) is 18.7 Å². The van der Waals surface area contributed by atoms with Gasteiger partial charge in [-0.15, -0.1) is 0 Å². The van der Waals surface area contributed by atoms with Crippen molar-refractivity contribution in [2.75, 3.05) is 39.7 Å². The van der Waals surface area contributed by atoms with Crippen LogP contribution in [0.5, 0.6) is 0 Å². The number of anilines is 1. The number of likely N-dealkylation sites (tertiary alicyclic amines) is 1. The van der Waals surface area contributed by atoms with E-state index < -0.39 is 0 Å². The van der Waals surface area contributed by atoms with E-state index in [4.69, 9.17) is 9.47 Å². The van der Waals surface area contributed by atoms with Gasteiger partial charge in [0.15, 0.2) is 0 Å². The van der Waals surface area contributed by atoms with E-state index in [9.17, 15) is 4.79 Å². The number of rotatable bonds is 4. The monoisotopic (exact) mass is 278 g/mol. The first-order valence-electron chi connectivity index (χ1n) is 6.74. The van der Waals surface area contributed by atoms with Gasteiger partial charge in [-0.1, -0.05) is 11.6 Å². The highest BCUT2D eigenvalue weighted by molar-refractivity contribution is 6.00. The summed E-state index contributed by atoms with van der Waals surface area (Å²) in [7, 11) is 5.12. The smallest absolute Gasteiger partial charge is 0.256 e.